The molecule has 0 saturated carbocycles. The maximum Gasteiger partial charge on any atom is 0.263 e. The summed E-state index contributed by atoms with van der Waals surface area (Å²) in [5, 5.41) is 3.67. The molecule has 3 heterocycles. The van der Waals surface area contributed by atoms with Crippen LogP contribution in [-0.2, 0) is 23.0 Å². The predicted molar refractivity (Wildman–Crippen MR) is 106 cm³/mol. The summed E-state index contributed by atoms with van der Waals surface area (Å²) < 4.78 is 32.7. The van der Waals surface area contributed by atoms with Gasteiger partial charge in [-0.2, -0.15) is 0 Å². The lowest BCUT2D eigenvalue weighted by atomic mass is 9.99. The first-order valence-electron chi connectivity index (χ1n) is 9.11. The Balaban J connectivity index is 1.57. The number of hydrogen-bond donors (Lipinski definition) is 1. The van der Waals surface area contributed by atoms with Crippen LogP contribution in [-0.4, -0.2) is 35.9 Å². The van der Waals surface area contributed by atoms with Crippen LogP contribution < -0.4 is 4.72 Å². The highest BCUT2D eigenvalue weighted by molar-refractivity contribution is 7.92. The topological polar surface area (TPSA) is 105 Å². The van der Waals surface area contributed by atoms with Gasteiger partial charge >= 0.3 is 0 Å². The number of fused-ring (bicyclic) bond motifs is 1. The van der Waals surface area contributed by atoms with Crippen LogP contribution >= 0.6 is 0 Å². The summed E-state index contributed by atoms with van der Waals surface area (Å²) >= 11 is 0. The summed E-state index contributed by atoms with van der Waals surface area (Å²) in [6.07, 6.45) is 3.91. The quantitative estimate of drug-likeness (QED) is 0.706. The third-order valence-corrected chi connectivity index (χ3v) is 6.13. The van der Waals surface area contributed by atoms with E-state index >= 15 is 0 Å². The fourth-order valence-corrected chi connectivity index (χ4v) is 4.37. The highest BCUT2D eigenvalue weighted by atomic mass is 32.2. The predicted octanol–water partition coefficient (Wildman–Crippen LogP) is 2.69. The number of hydrogen-bond acceptors (Lipinski definition) is 6. The molecule has 29 heavy (non-hydrogen) atoms. The second-order valence-electron chi connectivity index (χ2n) is 7.09. The number of carbonyl (C=O) groups excluding carboxylic acids is 1. The molecule has 8 nitrogen and oxygen atoms in total. The monoisotopic (exact) mass is 412 g/mol. The fourth-order valence-electron chi connectivity index (χ4n) is 3.34. The van der Waals surface area contributed by atoms with E-state index in [4.69, 9.17) is 4.52 Å². The highest BCUT2D eigenvalue weighted by Gasteiger charge is 2.24. The number of rotatable bonds is 4. The Labute approximate surface area is 168 Å². The van der Waals surface area contributed by atoms with Crippen LogP contribution in [0.4, 0.5) is 5.82 Å². The zero-order chi connectivity index (χ0) is 20.6. The lowest BCUT2D eigenvalue weighted by Crippen LogP contribution is -2.36. The van der Waals surface area contributed by atoms with E-state index in [0.717, 1.165) is 16.7 Å². The third kappa shape index (κ3) is 4.00. The van der Waals surface area contributed by atoms with E-state index in [-0.39, 0.29) is 16.6 Å². The van der Waals surface area contributed by atoms with Crippen molar-refractivity contribution in [3.8, 4) is 0 Å². The highest BCUT2D eigenvalue weighted by Crippen LogP contribution is 2.25. The molecule has 0 saturated heterocycles. The van der Waals surface area contributed by atoms with E-state index < -0.39 is 10.0 Å². The molecule has 1 amide bonds. The summed E-state index contributed by atoms with van der Waals surface area (Å²) in [6, 6.07) is 8.28. The lowest BCUT2D eigenvalue weighted by molar-refractivity contribution is 0.0734. The van der Waals surface area contributed by atoms with E-state index in [1.54, 1.807) is 48.5 Å². The number of aryl methyl sites for hydroxylation is 2. The number of anilines is 1. The lowest BCUT2D eigenvalue weighted by Gasteiger charge is -2.29. The van der Waals surface area contributed by atoms with Gasteiger partial charge in [-0.3, -0.25) is 14.5 Å². The van der Waals surface area contributed by atoms with Gasteiger partial charge in [0.25, 0.3) is 15.9 Å². The number of nitrogens with zero attached hydrogens (tertiary/aromatic N) is 3. The van der Waals surface area contributed by atoms with Crippen LogP contribution in [0.5, 0.6) is 0 Å². The molecular weight excluding hydrogens is 392 g/mol. The molecule has 9 heteroatoms. The molecule has 1 aliphatic rings. The average Bonchev–Trinajstić information content (AvgIpc) is 3.10. The molecule has 3 aromatic rings. The Kier molecular flexibility index (Phi) is 4.83. The minimum atomic E-state index is -3.81. The van der Waals surface area contributed by atoms with Crippen molar-refractivity contribution in [3.63, 3.8) is 0 Å². The van der Waals surface area contributed by atoms with Gasteiger partial charge in [-0.05, 0) is 55.2 Å². The van der Waals surface area contributed by atoms with Gasteiger partial charge in [0, 0.05) is 31.5 Å². The molecule has 0 bridgehead atoms. The number of carbonyl (C=O) groups is 1. The van der Waals surface area contributed by atoms with Gasteiger partial charge in [-0.25, -0.2) is 8.42 Å². The SMILES string of the molecule is Cc1cncc(C(=O)N2CCc3ccc(S(=O)(=O)Nc4cc(C)on4)cc3C2)c1. The zero-order valence-electron chi connectivity index (χ0n) is 16.0. The largest absolute Gasteiger partial charge is 0.360 e. The van der Waals surface area contributed by atoms with Crippen molar-refractivity contribution >= 4 is 21.7 Å². The molecule has 4 rings (SSSR count). The Hall–Kier alpha value is -3.20. The van der Waals surface area contributed by atoms with Gasteiger partial charge in [0.15, 0.2) is 5.82 Å². The Morgan fingerprint density at radius 3 is 2.69 bits per heavy atom. The van der Waals surface area contributed by atoms with Crippen molar-refractivity contribution in [2.24, 2.45) is 0 Å². The molecule has 150 valence electrons. The number of benzene rings is 1. The molecule has 0 atom stereocenters. The second kappa shape index (κ2) is 7.32. The number of aromatic nitrogens is 2. The number of sulfonamides is 1. The minimum absolute atomic E-state index is 0.114. The van der Waals surface area contributed by atoms with E-state index in [0.29, 0.717) is 30.8 Å². The van der Waals surface area contributed by atoms with Crippen molar-refractivity contribution in [1.82, 2.24) is 15.0 Å². The van der Waals surface area contributed by atoms with E-state index in [2.05, 4.69) is 14.9 Å². The third-order valence-electron chi connectivity index (χ3n) is 4.78. The van der Waals surface area contributed by atoms with E-state index in [1.807, 2.05) is 6.92 Å². The smallest absolute Gasteiger partial charge is 0.263 e. The van der Waals surface area contributed by atoms with Crippen molar-refractivity contribution in [2.75, 3.05) is 11.3 Å². The first-order valence-corrected chi connectivity index (χ1v) is 10.6. The van der Waals surface area contributed by atoms with Crippen LogP contribution in [0.3, 0.4) is 0 Å². The average molecular weight is 412 g/mol. The van der Waals surface area contributed by atoms with Crippen LogP contribution in [0.2, 0.25) is 0 Å². The first kappa shape index (κ1) is 19.1. The molecule has 0 fully saturated rings. The standard InChI is InChI=1S/C20H20N4O4S/c1-13-7-16(11-21-10-13)20(25)24-6-5-15-3-4-18(9-17(15)12-24)29(26,27)23-19-8-14(2)28-22-19/h3-4,7-11H,5-6,12H2,1-2H3,(H,22,23). The molecule has 0 spiro atoms. The van der Waals surface area contributed by atoms with Gasteiger partial charge in [0.05, 0.1) is 10.5 Å². The molecule has 2 aromatic heterocycles. The van der Waals surface area contributed by atoms with E-state index in [1.165, 1.54) is 6.07 Å². The van der Waals surface area contributed by atoms with Gasteiger partial charge in [-0.1, -0.05) is 11.2 Å². The van der Waals surface area contributed by atoms with Crippen molar-refractivity contribution < 1.29 is 17.7 Å². The van der Waals surface area contributed by atoms with Gasteiger partial charge in [0.2, 0.25) is 0 Å². The van der Waals surface area contributed by atoms with Crippen LogP contribution in [0.15, 0.2) is 52.1 Å². The fraction of sp³-hybridized carbons (Fsp3) is 0.250. The maximum absolute atomic E-state index is 12.8. The molecular formula is C20H20N4O4S. The molecule has 0 radical (unpaired) electrons. The van der Waals surface area contributed by atoms with Crippen LogP contribution in [0, 0.1) is 13.8 Å². The zero-order valence-corrected chi connectivity index (χ0v) is 16.9. The minimum Gasteiger partial charge on any atom is -0.360 e. The maximum atomic E-state index is 12.8. The Bertz CT molecular complexity index is 1190. The summed E-state index contributed by atoms with van der Waals surface area (Å²) in [5.74, 6) is 0.521. The van der Waals surface area contributed by atoms with Crippen molar-refractivity contribution in [2.45, 2.75) is 31.7 Å². The molecule has 1 aliphatic heterocycles. The van der Waals surface area contributed by atoms with E-state index in [9.17, 15) is 13.2 Å². The number of amides is 1. The van der Waals surface area contributed by atoms with Gasteiger partial charge < -0.3 is 9.42 Å². The first-order chi connectivity index (χ1) is 13.8. The molecule has 0 aliphatic carbocycles. The summed E-state index contributed by atoms with van der Waals surface area (Å²) in [4.78, 5) is 18.7. The molecule has 0 unspecified atom stereocenters. The van der Waals surface area contributed by atoms with Crippen molar-refractivity contribution in [3.05, 3.63) is 70.7 Å². The van der Waals surface area contributed by atoms with Crippen molar-refractivity contribution in [1.29, 1.82) is 0 Å². The summed E-state index contributed by atoms with van der Waals surface area (Å²) in [5.41, 5.74) is 3.29. The molecule has 1 aromatic carbocycles. The second-order valence-corrected chi connectivity index (χ2v) is 8.77. The summed E-state index contributed by atoms with van der Waals surface area (Å²) in [6.45, 7) is 4.48. The molecule has 1 N–H and O–H groups in total. The van der Waals surface area contributed by atoms with Crippen LogP contribution in [0.1, 0.15) is 32.8 Å². The number of nitrogens with one attached hydrogen (secondary N) is 1. The Morgan fingerprint density at radius 1 is 1.14 bits per heavy atom. The van der Waals surface area contributed by atoms with Gasteiger partial charge in [0.1, 0.15) is 5.76 Å². The Morgan fingerprint density at radius 2 is 1.97 bits per heavy atom. The van der Waals surface area contributed by atoms with Gasteiger partial charge in [-0.15, -0.1) is 0 Å². The van der Waals surface area contributed by atoms with Crippen LogP contribution in [0.25, 0.3) is 0 Å². The summed E-state index contributed by atoms with van der Waals surface area (Å²) in [7, 11) is -3.81. The number of pyridine rings is 1. The normalized spacial score (nSPS) is 13.8.